The Kier molecular flexibility index (Phi) is 5.58. The van der Waals surface area contributed by atoms with E-state index < -0.39 is 0 Å². The van der Waals surface area contributed by atoms with E-state index in [0.717, 1.165) is 40.2 Å². The van der Waals surface area contributed by atoms with E-state index in [4.69, 9.17) is 21.6 Å². The van der Waals surface area contributed by atoms with Gasteiger partial charge in [-0.2, -0.15) is 0 Å². The monoisotopic (exact) mass is 409 g/mol. The van der Waals surface area contributed by atoms with Crippen molar-refractivity contribution in [3.05, 3.63) is 75.8 Å². The van der Waals surface area contributed by atoms with Gasteiger partial charge < -0.3 is 5.32 Å². The van der Waals surface area contributed by atoms with Gasteiger partial charge in [0.15, 0.2) is 5.82 Å². The first-order valence-corrected chi connectivity index (χ1v) is 10.1. The number of nitrogens with zero attached hydrogens (tertiary/aromatic N) is 2. The van der Waals surface area contributed by atoms with Gasteiger partial charge in [0.25, 0.3) is 0 Å². The molecule has 1 amide bonds. The summed E-state index contributed by atoms with van der Waals surface area (Å²) in [5.74, 6) is 0.146. The summed E-state index contributed by atoms with van der Waals surface area (Å²) in [4.78, 5) is 22.1. The minimum atomic E-state index is -0.236. The van der Waals surface area contributed by atoms with E-state index in [1.165, 1.54) is 6.07 Å². The Labute approximate surface area is 174 Å². The van der Waals surface area contributed by atoms with E-state index in [1.807, 2.05) is 12.1 Å². The van der Waals surface area contributed by atoms with Crippen LogP contribution in [0, 0.1) is 5.82 Å². The molecule has 0 saturated carbocycles. The topological polar surface area (TPSA) is 54.9 Å². The van der Waals surface area contributed by atoms with Crippen LogP contribution >= 0.6 is 11.6 Å². The van der Waals surface area contributed by atoms with Crippen LogP contribution in [0.15, 0.2) is 42.5 Å². The van der Waals surface area contributed by atoms with Gasteiger partial charge in [0.05, 0.1) is 23.5 Å². The highest BCUT2D eigenvalue weighted by molar-refractivity contribution is 6.30. The van der Waals surface area contributed by atoms with Crippen molar-refractivity contribution in [2.45, 2.75) is 39.0 Å². The number of hydrogen-bond donors (Lipinski definition) is 1. The van der Waals surface area contributed by atoms with Crippen molar-refractivity contribution in [2.75, 3.05) is 5.32 Å². The first-order chi connectivity index (χ1) is 14.0. The molecule has 1 aliphatic carbocycles. The number of carbonyl (C=O) groups excluding carboxylic acids is 1. The lowest BCUT2D eigenvalue weighted by Crippen LogP contribution is -2.19. The number of aromatic nitrogens is 2. The first-order valence-electron chi connectivity index (χ1n) is 9.76. The fourth-order valence-electron chi connectivity index (χ4n) is 3.62. The van der Waals surface area contributed by atoms with Crippen LogP contribution in [0.4, 0.5) is 10.2 Å². The molecule has 0 fully saturated rings. The van der Waals surface area contributed by atoms with Gasteiger partial charge >= 0.3 is 0 Å². The number of rotatable bonds is 5. The molecule has 1 aromatic heterocycles. The number of benzene rings is 2. The molecule has 0 radical (unpaired) electrons. The van der Waals surface area contributed by atoms with Crippen LogP contribution in [0.3, 0.4) is 0 Å². The average molecular weight is 410 g/mol. The van der Waals surface area contributed by atoms with Crippen molar-refractivity contribution in [3.8, 4) is 11.3 Å². The van der Waals surface area contributed by atoms with Crippen molar-refractivity contribution in [1.82, 2.24) is 9.97 Å². The average Bonchev–Trinajstić information content (AvgIpc) is 2.70. The maximum Gasteiger partial charge on any atom is 0.229 e. The maximum absolute atomic E-state index is 13.6. The molecule has 1 heterocycles. The lowest BCUT2D eigenvalue weighted by atomic mass is 9.91. The van der Waals surface area contributed by atoms with Crippen LogP contribution in [-0.4, -0.2) is 15.9 Å². The molecule has 0 bridgehead atoms. The second-order valence-electron chi connectivity index (χ2n) is 7.22. The lowest BCUT2D eigenvalue weighted by molar-refractivity contribution is -0.115. The Morgan fingerprint density at radius 2 is 1.93 bits per heavy atom. The van der Waals surface area contributed by atoms with Gasteiger partial charge in [-0.1, -0.05) is 37.1 Å². The number of hydrogen-bond acceptors (Lipinski definition) is 3. The van der Waals surface area contributed by atoms with E-state index in [-0.39, 0.29) is 18.1 Å². The van der Waals surface area contributed by atoms with E-state index in [0.29, 0.717) is 30.1 Å². The summed E-state index contributed by atoms with van der Waals surface area (Å²) in [5, 5.41) is 3.58. The lowest BCUT2D eigenvalue weighted by Gasteiger charge is -2.21. The number of aryl methyl sites for hydroxylation is 3. The second kappa shape index (κ2) is 8.29. The Morgan fingerprint density at radius 3 is 2.69 bits per heavy atom. The summed E-state index contributed by atoms with van der Waals surface area (Å²) in [5.41, 5.74) is 5.15. The summed E-state index contributed by atoms with van der Waals surface area (Å²) >= 11 is 5.91. The number of carbonyl (C=O) groups is 1. The maximum atomic E-state index is 13.6. The molecule has 0 atom stereocenters. The van der Waals surface area contributed by atoms with E-state index in [2.05, 4.69) is 12.2 Å². The predicted molar refractivity (Wildman–Crippen MR) is 113 cm³/mol. The molecule has 0 saturated heterocycles. The highest BCUT2D eigenvalue weighted by Gasteiger charge is 2.22. The van der Waals surface area contributed by atoms with Gasteiger partial charge in [0.2, 0.25) is 5.91 Å². The Bertz CT molecular complexity index is 1070. The molecule has 0 unspecified atom stereocenters. The molecule has 1 N–H and O–H groups in total. The third-order valence-corrected chi connectivity index (χ3v) is 5.27. The molecule has 4 nitrogen and oxygen atoms in total. The van der Waals surface area contributed by atoms with Gasteiger partial charge in [-0.15, -0.1) is 0 Å². The van der Waals surface area contributed by atoms with Crippen LogP contribution < -0.4 is 5.32 Å². The molecule has 0 aliphatic heterocycles. The van der Waals surface area contributed by atoms with Gasteiger partial charge in [-0.25, -0.2) is 14.4 Å². The fourth-order valence-corrected chi connectivity index (χ4v) is 3.75. The zero-order chi connectivity index (χ0) is 20.4. The normalized spacial score (nSPS) is 12.2. The SMILES string of the molecule is CCCc1nc2c(nc1NC(=O)Cc1ccc(Cl)cc1)CCc1cc(F)ccc1-2. The molecule has 3 aromatic rings. The van der Waals surface area contributed by atoms with E-state index >= 15 is 0 Å². The summed E-state index contributed by atoms with van der Waals surface area (Å²) in [6.45, 7) is 2.06. The zero-order valence-corrected chi connectivity index (χ0v) is 16.9. The molecule has 148 valence electrons. The number of nitrogens with one attached hydrogen (secondary N) is 1. The standard InChI is InChI=1S/C23H21ClFN3O/c1-2-3-20-23(28-21(29)12-14-4-7-16(24)8-5-14)27-19-11-6-15-13-17(25)9-10-18(15)22(19)26-20/h4-5,7-10,13H,2-3,6,11-12H2,1H3,(H,27,28,29). The third kappa shape index (κ3) is 4.30. The molecule has 29 heavy (non-hydrogen) atoms. The minimum Gasteiger partial charge on any atom is -0.309 e. The number of halogens is 2. The van der Waals surface area contributed by atoms with Crippen molar-refractivity contribution in [1.29, 1.82) is 0 Å². The smallest absolute Gasteiger partial charge is 0.229 e. The van der Waals surface area contributed by atoms with Crippen LogP contribution in [-0.2, 0) is 30.5 Å². The summed E-state index contributed by atoms with van der Waals surface area (Å²) < 4.78 is 13.6. The van der Waals surface area contributed by atoms with Crippen molar-refractivity contribution >= 4 is 23.3 Å². The van der Waals surface area contributed by atoms with Gasteiger partial charge in [0.1, 0.15) is 5.82 Å². The Balaban J connectivity index is 1.63. The van der Waals surface area contributed by atoms with Gasteiger partial charge in [0, 0.05) is 10.6 Å². The highest BCUT2D eigenvalue weighted by atomic mass is 35.5. The molecule has 6 heteroatoms. The molecule has 4 rings (SSSR count). The third-order valence-electron chi connectivity index (χ3n) is 5.02. The van der Waals surface area contributed by atoms with E-state index in [1.54, 1.807) is 24.3 Å². The number of fused-ring (bicyclic) bond motifs is 3. The minimum absolute atomic E-state index is 0.141. The summed E-state index contributed by atoms with van der Waals surface area (Å²) in [6.07, 6.45) is 3.20. The van der Waals surface area contributed by atoms with Gasteiger partial charge in [-0.05, 0) is 60.7 Å². The highest BCUT2D eigenvalue weighted by Crippen LogP contribution is 2.33. The largest absolute Gasteiger partial charge is 0.309 e. The number of anilines is 1. The summed E-state index contributed by atoms with van der Waals surface area (Å²) in [7, 11) is 0. The van der Waals surface area contributed by atoms with Crippen LogP contribution in [0.5, 0.6) is 0 Å². The van der Waals surface area contributed by atoms with E-state index in [9.17, 15) is 9.18 Å². The van der Waals surface area contributed by atoms with Crippen molar-refractivity contribution < 1.29 is 9.18 Å². The van der Waals surface area contributed by atoms with Crippen LogP contribution in [0.1, 0.15) is 35.9 Å². The summed E-state index contributed by atoms with van der Waals surface area (Å²) in [6, 6.07) is 12.0. The zero-order valence-electron chi connectivity index (χ0n) is 16.1. The second-order valence-corrected chi connectivity index (χ2v) is 7.65. The van der Waals surface area contributed by atoms with Crippen LogP contribution in [0.25, 0.3) is 11.3 Å². The van der Waals surface area contributed by atoms with Crippen LogP contribution in [0.2, 0.25) is 5.02 Å². The number of amides is 1. The Morgan fingerprint density at radius 1 is 1.14 bits per heavy atom. The quantitative estimate of drug-likeness (QED) is 0.632. The van der Waals surface area contributed by atoms with Crippen molar-refractivity contribution in [3.63, 3.8) is 0 Å². The first kappa shape index (κ1) is 19.5. The molecular weight excluding hydrogens is 389 g/mol. The predicted octanol–water partition coefficient (Wildman–Crippen LogP) is 5.17. The van der Waals surface area contributed by atoms with Gasteiger partial charge in [-0.3, -0.25) is 4.79 Å². The molecular formula is C23H21ClFN3O. The molecule has 1 aliphatic rings. The Hall–Kier alpha value is -2.79. The van der Waals surface area contributed by atoms with Crippen molar-refractivity contribution in [2.24, 2.45) is 0 Å². The fraction of sp³-hybridized carbons (Fsp3) is 0.261. The molecule has 2 aromatic carbocycles. The molecule has 0 spiro atoms.